The molecule has 3 rings (SSSR count). The van der Waals surface area contributed by atoms with Gasteiger partial charge in [0.2, 0.25) is 0 Å². The molecule has 1 saturated heterocycles. The molecule has 0 aliphatic carbocycles. The van der Waals surface area contributed by atoms with Gasteiger partial charge >= 0.3 is 6.09 Å². The number of nitrogens with zero attached hydrogens (tertiary/aromatic N) is 3. The van der Waals surface area contributed by atoms with E-state index in [0.29, 0.717) is 19.0 Å². The molecule has 6 heteroatoms. The summed E-state index contributed by atoms with van der Waals surface area (Å²) in [5.74, 6) is 1.17. The first kappa shape index (κ1) is 14.8. The van der Waals surface area contributed by atoms with Crippen LogP contribution in [-0.2, 0) is 4.74 Å². The molecular formula is C16H22N4O2. The zero-order valence-corrected chi connectivity index (χ0v) is 13.3. The van der Waals surface area contributed by atoms with Gasteiger partial charge in [0.15, 0.2) is 0 Å². The topological polar surface area (TPSA) is 71.1 Å². The summed E-state index contributed by atoms with van der Waals surface area (Å²) in [6.45, 7) is 7.04. The van der Waals surface area contributed by atoms with Gasteiger partial charge in [-0.15, -0.1) is 0 Å². The molecule has 0 saturated carbocycles. The third kappa shape index (κ3) is 3.21. The van der Waals surface area contributed by atoms with Gasteiger partial charge in [-0.05, 0) is 39.7 Å². The number of nitrogens with one attached hydrogen (secondary N) is 1. The minimum atomic E-state index is -0.448. The third-order valence-electron chi connectivity index (χ3n) is 3.83. The Labute approximate surface area is 129 Å². The molecule has 22 heavy (non-hydrogen) atoms. The maximum atomic E-state index is 12.1. The van der Waals surface area contributed by atoms with Gasteiger partial charge in [-0.25, -0.2) is 14.8 Å². The normalized spacial score (nSPS) is 17.0. The van der Waals surface area contributed by atoms with Crippen molar-refractivity contribution in [3.05, 3.63) is 24.3 Å². The fourth-order valence-electron chi connectivity index (χ4n) is 2.70. The fourth-order valence-corrected chi connectivity index (χ4v) is 2.70. The van der Waals surface area contributed by atoms with Crippen molar-refractivity contribution in [3.63, 3.8) is 0 Å². The van der Waals surface area contributed by atoms with Crippen molar-refractivity contribution >= 4 is 17.1 Å². The molecule has 0 radical (unpaired) electrons. The summed E-state index contributed by atoms with van der Waals surface area (Å²) in [4.78, 5) is 26.0. The number of rotatable bonds is 1. The smallest absolute Gasteiger partial charge is 0.410 e. The zero-order chi connectivity index (χ0) is 15.7. The van der Waals surface area contributed by atoms with E-state index in [0.717, 1.165) is 29.7 Å². The summed E-state index contributed by atoms with van der Waals surface area (Å²) in [5.41, 5.74) is 1.45. The Morgan fingerprint density at radius 3 is 2.77 bits per heavy atom. The predicted octanol–water partition coefficient (Wildman–Crippen LogP) is 3.07. The molecule has 1 N–H and O–H groups in total. The lowest BCUT2D eigenvalue weighted by atomic mass is 9.96. The van der Waals surface area contributed by atoms with Crippen LogP contribution in [0.3, 0.4) is 0 Å². The van der Waals surface area contributed by atoms with E-state index in [9.17, 15) is 4.79 Å². The molecule has 118 valence electrons. The SMILES string of the molecule is CC(C)(C)OC(=O)N1CCC(c2ncc3[nH]ccc3n2)CC1. The molecule has 1 aliphatic rings. The average molecular weight is 302 g/mol. The number of carbonyl (C=O) groups excluding carboxylic acids is 1. The summed E-state index contributed by atoms with van der Waals surface area (Å²) in [6.07, 6.45) is 5.21. The Morgan fingerprint density at radius 2 is 2.09 bits per heavy atom. The van der Waals surface area contributed by atoms with Crippen molar-refractivity contribution in [2.45, 2.75) is 45.1 Å². The second-order valence-corrected chi connectivity index (χ2v) is 6.75. The number of H-pyrrole nitrogens is 1. The van der Waals surface area contributed by atoms with Gasteiger partial charge in [-0.3, -0.25) is 0 Å². The Bertz CT molecular complexity index is 666. The number of hydrogen-bond acceptors (Lipinski definition) is 4. The van der Waals surface area contributed by atoms with Crippen LogP contribution in [0.4, 0.5) is 4.79 Å². The minimum Gasteiger partial charge on any atom is -0.444 e. The Kier molecular flexibility index (Phi) is 3.76. The monoisotopic (exact) mass is 302 g/mol. The largest absolute Gasteiger partial charge is 0.444 e. The second-order valence-electron chi connectivity index (χ2n) is 6.75. The van der Waals surface area contributed by atoms with Gasteiger partial charge in [-0.2, -0.15) is 0 Å². The first-order valence-electron chi connectivity index (χ1n) is 7.70. The van der Waals surface area contributed by atoms with E-state index in [1.165, 1.54) is 0 Å². The first-order valence-corrected chi connectivity index (χ1v) is 7.70. The minimum absolute atomic E-state index is 0.229. The standard InChI is InChI=1S/C16H22N4O2/c1-16(2,3)22-15(21)20-8-5-11(6-9-20)14-18-10-13-12(19-14)4-7-17-13/h4,7,10-11,17H,5-6,8-9H2,1-3H3. The van der Waals surface area contributed by atoms with Crippen LogP contribution in [0.1, 0.15) is 45.4 Å². The quantitative estimate of drug-likeness (QED) is 0.878. The number of aromatic nitrogens is 3. The molecule has 3 heterocycles. The summed E-state index contributed by atoms with van der Waals surface area (Å²) in [6, 6.07) is 1.95. The van der Waals surface area contributed by atoms with E-state index in [-0.39, 0.29) is 6.09 Å². The van der Waals surface area contributed by atoms with E-state index in [1.807, 2.05) is 39.2 Å². The summed E-state index contributed by atoms with van der Waals surface area (Å²) < 4.78 is 5.42. The van der Waals surface area contributed by atoms with E-state index in [4.69, 9.17) is 4.74 Å². The molecule has 0 bridgehead atoms. The van der Waals surface area contributed by atoms with Crippen molar-refractivity contribution in [2.24, 2.45) is 0 Å². The number of piperidine rings is 1. The van der Waals surface area contributed by atoms with Gasteiger partial charge in [0, 0.05) is 25.2 Å². The van der Waals surface area contributed by atoms with Crippen molar-refractivity contribution in [2.75, 3.05) is 13.1 Å². The molecule has 0 spiro atoms. The molecule has 0 unspecified atom stereocenters. The molecular weight excluding hydrogens is 280 g/mol. The zero-order valence-electron chi connectivity index (χ0n) is 13.3. The molecule has 0 atom stereocenters. The van der Waals surface area contributed by atoms with Crippen molar-refractivity contribution < 1.29 is 9.53 Å². The van der Waals surface area contributed by atoms with Crippen molar-refractivity contribution in [1.29, 1.82) is 0 Å². The maximum absolute atomic E-state index is 12.1. The molecule has 1 amide bonds. The second kappa shape index (κ2) is 5.59. The molecule has 2 aromatic heterocycles. The average Bonchev–Trinajstić information content (AvgIpc) is 2.93. The van der Waals surface area contributed by atoms with Crippen LogP contribution < -0.4 is 0 Å². The van der Waals surface area contributed by atoms with E-state index >= 15 is 0 Å². The van der Waals surface area contributed by atoms with Crippen molar-refractivity contribution in [3.8, 4) is 0 Å². The lowest BCUT2D eigenvalue weighted by Gasteiger charge is -2.32. The fraction of sp³-hybridized carbons (Fsp3) is 0.562. The summed E-state index contributed by atoms with van der Waals surface area (Å²) in [7, 11) is 0. The lowest BCUT2D eigenvalue weighted by Crippen LogP contribution is -2.41. The molecule has 2 aromatic rings. The van der Waals surface area contributed by atoms with Gasteiger partial charge < -0.3 is 14.6 Å². The van der Waals surface area contributed by atoms with Gasteiger partial charge in [0.25, 0.3) is 0 Å². The van der Waals surface area contributed by atoms with Crippen LogP contribution in [0.5, 0.6) is 0 Å². The van der Waals surface area contributed by atoms with Crippen LogP contribution in [0.2, 0.25) is 0 Å². The Hall–Kier alpha value is -2.11. The highest BCUT2D eigenvalue weighted by molar-refractivity contribution is 5.73. The molecule has 6 nitrogen and oxygen atoms in total. The molecule has 1 fully saturated rings. The number of amides is 1. The van der Waals surface area contributed by atoms with Crippen LogP contribution in [-0.4, -0.2) is 44.6 Å². The maximum Gasteiger partial charge on any atom is 0.410 e. The van der Waals surface area contributed by atoms with Crippen molar-refractivity contribution in [1.82, 2.24) is 19.9 Å². The highest BCUT2D eigenvalue weighted by atomic mass is 16.6. The Balaban J connectivity index is 1.62. The highest BCUT2D eigenvalue weighted by Gasteiger charge is 2.28. The highest BCUT2D eigenvalue weighted by Crippen LogP contribution is 2.27. The van der Waals surface area contributed by atoms with Crippen LogP contribution in [0.15, 0.2) is 18.5 Å². The predicted molar refractivity (Wildman–Crippen MR) is 83.7 cm³/mol. The van der Waals surface area contributed by atoms with Crippen LogP contribution in [0, 0.1) is 0 Å². The van der Waals surface area contributed by atoms with E-state index < -0.39 is 5.60 Å². The first-order chi connectivity index (χ1) is 10.4. The number of ether oxygens (including phenoxy) is 1. The van der Waals surface area contributed by atoms with Gasteiger partial charge in [-0.1, -0.05) is 0 Å². The lowest BCUT2D eigenvalue weighted by molar-refractivity contribution is 0.0203. The number of carbonyl (C=O) groups is 1. The van der Waals surface area contributed by atoms with E-state index in [2.05, 4.69) is 15.0 Å². The van der Waals surface area contributed by atoms with Crippen LogP contribution in [0.25, 0.3) is 11.0 Å². The van der Waals surface area contributed by atoms with Crippen LogP contribution >= 0.6 is 0 Å². The summed E-state index contributed by atoms with van der Waals surface area (Å²) >= 11 is 0. The third-order valence-corrected chi connectivity index (χ3v) is 3.83. The Morgan fingerprint density at radius 1 is 1.36 bits per heavy atom. The number of fused-ring (bicyclic) bond motifs is 1. The van der Waals surface area contributed by atoms with E-state index in [1.54, 1.807) is 4.90 Å². The van der Waals surface area contributed by atoms with Gasteiger partial charge in [0.1, 0.15) is 11.4 Å². The number of aromatic amines is 1. The summed E-state index contributed by atoms with van der Waals surface area (Å²) in [5, 5.41) is 0. The van der Waals surface area contributed by atoms with Gasteiger partial charge in [0.05, 0.1) is 17.2 Å². The number of likely N-dealkylation sites (tertiary alicyclic amines) is 1. The number of hydrogen-bond donors (Lipinski definition) is 1. The molecule has 1 aliphatic heterocycles. The molecule has 0 aromatic carbocycles.